The van der Waals surface area contributed by atoms with Crippen molar-refractivity contribution in [1.82, 2.24) is 0 Å². The fraction of sp³-hybridized carbons (Fsp3) is 0.933. The Morgan fingerprint density at radius 1 is 1.00 bits per heavy atom. The van der Waals surface area contributed by atoms with E-state index in [0.29, 0.717) is 10.8 Å². The van der Waals surface area contributed by atoms with Gasteiger partial charge in [-0.3, -0.25) is 0 Å². The van der Waals surface area contributed by atoms with E-state index in [1.54, 1.807) is 5.57 Å². The molecule has 0 heterocycles. The molecule has 0 aromatic carbocycles. The Morgan fingerprint density at radius 3 is 2.48 bits per heavy atom. The molecule has 0 saturated heterocycles. The molecule has 31 heavy (non-hydrogen) atoms. The predicted octanol–water partition coefficient (Wildman–Crippen LogP) is 8.41. The van der Waals surface area contributed by atoms with E-state index in [2.05, 4.69) is 47.6 Å². The highest BCUT2D eigenvalue weighted by Crippen LogP contribution is 2.67. The number of aliphatic hydroxyl groups excluding tert-OH is 1. The second-order valence-corrected chi connectivity index (χ2v) is 13.3. The summed E-state index contributed by atoms with van der Waals surface area (Å²) in [7, 11) is 0. The smallest absolute Gasteiger partial charge is 0.0577 e. The summed E-state index contributed by atoms with van der Waals surface area (Å²) in [6.07, 6.45) is 18.6. The average molecular weight is 429 g/mol. The summed E-state index contributed by atoms with van der Waals surface area (Å²) in [5.74, 6) is 6.34. The van der Waals surface area contributed by atoms with Crippen molar-refractivity contribution in [2.75, 3.05) is 0 Å². The third kappa shape index (κ3) is 4.31. The molecule has 0 aliphatic heterocycles. The summed E-state index contributed by atoms with van der Waals surface area (Å²) in [5, 5.41) is 10.3. The molecular weight excluding hydrogens is 376 g/mol. The molecule has 9 atom stereocenters. The van der Waals surface area contributed by atoms with Gasteiger partial charge < -0.3 is 5.11 Å². The lowest BCUT2D eigenvalue weighted by molar-refractivity contribution is -0.0574. The Hall–Kier alpha value is -0.300. The largest absolute Gasteiger partial charge is 0.393 e. The van der Waals surface area contributed by atoms with Crippen LogP contribution in [0.25, 0.3) is 0 Å². The second-order valence-electron chi connectivity index (χ2n) is 13.3. The van der Waals surface area contributed by atoms with Gasteiger partial charge in [0.25, 0.3) is 0 Å². The topological polar surface area (TPSA) is 20.2 Å². The van der Waals surface area contributed by atoms with E-state index >= 15 is 0 Å². The van der Waals surface area contributed by atoms with Gasteiger partial charge in [0, 0.05) is 0 Å². The molecule has 3 saturated carbocycles. The number of allylic oxidation sites excluding steroid dienone is 1. The fourth-order valence-corrected chi connectivity index (χ4v) is 9.47. The molecule has 4 aliphatic rings. The second kappa shape index (κ2) is 9.15. The van der Waals surface area contributed by atoms with E-state index < -0.39 is 0 Å². The molecule has 178 valence electrons. The van der Waals surface area contributed by atoms with Crippen LogP contribution in [0.1, 0.15) is 119 Å². The standard InChI is InChI=1S/C30H52O/c1-7-22(18-20(2)3)9-8-21(4)26-12-13-27-25-11-10-23-19-24(31)14-16-29(23,5)28(25)15-17-30(26,27)6/h10,20-22,24-28,31H,7-9,11-19H2,1-6H3/t21-,22?,24?,25?,26?,27?,28?,29?,30?/m1/s1. The van der Waals surface area contributed by atoms with Crippen molar-refractivity contribution in [1.29, 1.82) is 0 Å². The predicted molar refractivity (Wildman–Crippen MR) is 133 cm³/mol. The van der Waals surface area contributed by atoms with Crippen molar-refractivity contribution < 1.29 is 5.11 Å². The van der Waals surface area contributed by atoms with Crippen LogP contribution in [0.15, 0.2) is 11.6 Å². The minimum Gasteiger partial charge on any atom is -0.393 e. The number of aliphatic hydroxyl groups is 1. The van der Waals surface area contributed by atoms with Crippen LogP contribution in [-0.2, 0) is 0 Å². The zero-order valence-corrected chi connectivity index (χ0v) is 21.6. The molecule has 8 unspecified atom stereocenters. The van der Waals surface area contributed by atoms with Gasteiger partial charge in [-0.25, -0.2) is 0 Å². The molecule has 0 amide bonds. The molecule has 1 nitrogen and oxygen atoms in total. The molecule has 0 aromatic rings. The minimum atomic E-state index is -0.0796. The Morgan fingerprint density at radius 2 is 1.77 bits per heavy atom. The maximum absolute atomic E-state index is 10.3. The van der Waals surface area contributed by atoms with Crippen molar-refractivity contribution >= 4 is 0 Å². The lowest BCUT2D eigenvalue weighted by Crippen LogP contribution is -2.50. The molecule has 1 N–H and O–H groups in total. The van der Waals surface area contributed by atoms with E-state index in [0.717, 1.165) is 54.3 Å². The lowest BCUT2D eigenvalue weighted by atomic mass is 9.47. The molecule has 1 heteroatoms. The molecule has 3 fully saturated rings. The monoisotopic (exact) mass is 428 g/mol. The Labute approximate surface area is 193 Å². The normalized spacial score (nSPS) is 44.3. The van der Waals surface area contributed by atoms with E-state index in [4.69, 9.17) is 0 Å². The Balaban J connectivity index is 1.44. The van der Waals surface area contributed by atoms with Crippen molar-refractivity contribution in [2.24, 2.45) is 52.3 Å². The van der Waals surface area contributed by atoms with E-state index in [1.807, 2.05) is 0 Å². The molecule has 0 spiro atoms. The van der Waals surface area contributed by atoms with Crippen molar-refractivity contribution in [3.8, 4) is 0 Å². The SMILES string of the molecule is CCC(CC[C@@H](C)C1CCC2C3CC=C4CC(O)CCC4(C)C3CCC21C)CC(C)C. The number of rotatable bonds is 7. The first kappa shape index (κ1) is 23.8. The van der Waals surface area contributed by atoms with Gasteiger partial charge in [-0.15, -0.1) is 0 Å². The summed E-state index contributed by atoms with van der Waals surface area (Å²) >= 11 is 0. The fourth-order valence-electron chi connectivity index (χ4n) is 9.47. The molecule has 4 aliphatic carbocycles. The van der Waals surface area contributed by atoms with Crippen LogP contribution in [-0.4, -0.2) is 11.2 Å². The van der Waals surface area contributed by atoms with Crippen molar-refractivity contribution in [3.05, 3.63) is 11.6 Å². The summed E-state index contributed by atoms with van der Waals surface area (Å²) in [4.78, 5) is 0. The minimum absolute atomic E-state index is 0.0796. The Kier molecular flexibility index (Phi) is 7.04. The van der Waals surface area contributed by atoms with Crippen LogP contribution >= 0.6 is 0 Å². The van der Waals surface area contributed by atoms with Gasteiger partial charge in [-0.1, -0.05) is 72.5 Å². The van der Waals surface area contributed by atoms with Crippen molar-refractivity contribution in [3.63, 3.8) is 0 Å². The first-order valence-electron chi connectivity index (χ1n) is 14.1. The zero-order valence-electron chi connectivity index (χ0n) is 21.6. The van der Waals surface area contributed by atoms with Crippen LogP contribution < -0.4 is 0 Å². The zero-order chi connectivity index (χ0) is 22.4. The van der Waals surface area contributed by atoms with Crippen LogP contribution in [0.4, 0.5) is 0 Å². The van der Waals surface area contributed by atoms with Gasteiger partial charge in [0.15, 0.2) is 0 Å². The molecule has 0 bridgehead atoms. The average Bonchev–Trinajstić information content (AvgIpc) is 3.08. The third-order valence-electron chi connectivity index (χ3n) is 11.3. The molecule has 4 rings (SSSR count). The van der Waals surface area contributed by atoms with Gasteiger partial charge in [0.1, 0.15) is 0 Å². The summed E-state index contributed by atoms with van der Waals surface area (Å²) in [6, 6.07) is 0. The molecule has 0 radical (unpaired) electrons. The lowest BCUT2D eigenvalue weighted by Gasteiger charge is -2.58. The van der Waals surface area contributed by atoms with E-state index in [-0.39, 0.29) is 6.10 Å². The van der Waals surface area contributed by atoms with Gasteiger partial charge in [0.05, 0.1) is 6.10 Å². The maximum atomic E-state index is 10.3. The highest BCUT2D eigenvalue weighted by atomic mass is 16.3. The third-order valence-corrected chi connectivity index (χ3v) is 11.3. The Bertz CT molecular complexity index is 649. The highest BCUT2D eigenvalue weighted by molar-refractivity contribution is 5.25. The summed E-state index contributed by atoms with van der Waals surface area (Å²) in [5.41, 5.74) is 2.59. The molecular formula is C30H52O. The number of fused-ring (bicyclic) bond motifs is 5. The van der Waals surface area contributed by atoms with Crippen LogP contribution in [0.5, 0.6) is 0 Å². The number of hydrogen-bond acceptors (Lipinski definition) is 1. The van der Waals surface area contributed by atoms with Crippen LogP contribution in [0.2, 0.25) is 0 Å². The summed E-state index contributed by atoms with van der Waals surface area (Å²) in [6.45, 7) is 15.1. The molecule has 0 aromatic heterocycles. The van der Waals surface area contributed by atoms with Crippen LogP contribution in [0.3, 0.4) is 0 Å². The number of hydrogen-bond donors (Lipinski definition) is 1. The van der Waals surface area contributed by atoms with Crippen LogP contribution in [0, 0.1) is 52.3 Å². The summed E-state index contributed by atoms with van der Waals surface area (Å²) < 4.78 is 0. The quantitative estimate of drug-likeness (QED) is 0.403. The van der Waals surface area contributed by atoms with Gasteiger partial charge in [-0.05, 0) is 110 Å². The first-order valence-corrected chi connectivity index (χ1v) is 14.1. The van der Waals surface area contributed by atoms with Gasteiger partial charge in [0.2, 0.25) is 0 Å². The first-order chi connectivity index (χ1) is 14.7. The van der Waals surface area contributed by atoms with Gasteiger partial charge >= 0.3 is 0 Å². The van der Waals surface area contributed by atoms with E-state index in [9.17, 15) is 5.11 Å². The highest BCUT2D eigenvalue weighted by Gasteiger charge is 2.59. The van der Waals surface area contributed by atoms with Gasteiger partial charge in [-0.2, -0.15) is 0 Å². The van der Waals surface area contributed by atoms with E-state index in [1.165, 1.54) is 64.2 Å². The maximum Gasteiger partial charge on any atom is 0.0577 e. The van der Waals surface area contributed by atoms with Crippen molar-refractivity contribution in [2.45, 2.75) is 125 Å².